The third-order valence-electron chi connectivity index (χ3n) is 3.30. The Morgan fingerprint density at radius 3 is 2.63 bits per heavy atom. The lowest BCUT2D eigenvalue weighted by molar-refractivity contribution is -0.135. The molecule has 0 spiro atoms. The zero-order chi connectivity index (χ0) is 13.4. The SMILES string of the molecule is O=C1CN(C(=O)c2ccc3c(c2)CCN3)CC(=O)N1. The van der Waals surface area contributed by atoms with Gasteiger partial charge in [-0.1, -0.05) is 0 Å². The smallest absolute Gasteiger partial charge is 0.254 e. The second-order valence-electron chi connectivity index (χ2n) is 4.68. The molecule has 3 rings (SSSR count). The van der Waals surface area contributed by atoms with Gasteiger partial charge in [0.05, 0.1) is 0 Å². The monoisotopic (exact) mass is 259 g/mol. The summed E-state index contributed by atoms with van der Waals surface area (Å²) >= 11 is 0. The number of benzene rings is 1. The van der Waals surface area contributed by atoms with Gasteiger partial charge in [0.2, 0.25) is 11.8 Å². The van der Waals surface area contributed by atoms with Crippen LogP contribution < -0.4 is 10.6 Å². The van der Waals surface area contributed by atoms with Gasteiger partial charge in [-0.15, -0.1) is 0 Å². The summed E-state index contributed by atoms with van der Waals surface area (Å²) in [6.07, 6.45) is 0.885. The molecule has 1 saturated heterocycles. The van der Waals surface area contributed by atoms with Gasteiger partial charge in [-0.3, -0.25) is 19.7 Å². The van der Waals surface area contributed by atoms with Crippen LogP contribution in [0.3, 0.4) is 0 Å². The van der Waals surface area contributed by atoms with E-state index in [1.54, 1.807) is 6.07 Å². The van der Waals surface area contributed by atoms with Crippen molar-refractivity contribution in [3.8, 4) is 0 Å². The molecule has 0 saturated carbocycles. The molecule has 2 N–H and O–H groups in total. The number of piperazine rings is 1. The zero-order valence-electron chi connectivity index (χ0n) is 10.2. The summed E-state index contributed by atoms with van der Waals surface area (Å²) in [5.74, 6) is -1.15. The molecular weight excluding hydrogens is 246 g/mol. The van der Waals surface area contributed by atoms with Crippen molar-refractivity contribution in [1.29, 1.82) is 0 Å². The third-order valence-corrected chi connectivity index (χ3v) is 3.30. The summed E-state index contributed by atoms with van der Waals surface area (Å²) in [6, 6.07) is 5.41. The normalized spacial score (nSPS) is 17.8. The number of fused-ring (bicyclic) bond motifs is 1. The maximum absolute atomic E-state index is 12.3. The number of carbonyl (C=O) groups excluding carboxylic acids is 3. The summed E-state index contributed by atoms with van der Waals surface area (Å²) in [6.45, 7) is 0.734. The summed E-state index contributed by atoms with van der Waals surface area (Å²) in [5, 5.41) is 5.39. The van der Waals surface area contributed by atoms with Crippen LogP contribution in [-0.4, -0.2) is 42.3 Å². The molecule has 0 bridgehead atoms. The van der Waals surface area contributed by atoms with Gasteiger partial charge in [-0.2, -0.15) is 0 Å². The highest BCUT2D eigenvalue weighted by Gasteiger charge is 2.27. The number of hydrogen-bond donors (Lipinski definition) is 2. The van der Waals surface area contributed by atoms with E-state index in [4.69, 9.17) is 0 Å². The predicted octanol–water partition coefficient (Wildman–Crippen LogP) is -0.247. The topological polar surface area (TPSA) is 78.5 Å². The Kier molecular flexibility index (Phi) is 2.70. The van der Waals surface area contributed by atoms with E-state index >= 15 is 0 Å². The lowest BCUT2D eigenvalue weighted by Crippen LogP contribution is -2.53. The maximum Gasteiger partial charge on any atom is 0.254 e. The second kappa shape index (κ2) is 4.38. The second-order valence-corrected chi connectivity index (χ2v) is 4.68. The molecule has 2 aliphatic rings. The zero-order valence-corrected chi connectivity index (χ0v) is 10.2. The number of imide groups is 1. The molecule has 2 heterocycles. The average molecular weight is 259 g/mol. The van der Waals surface area contributed by atoms with Gasteiger partial charge in [-0.25, -0.2) is 0 Å². The van der Waals surface area contributed by atoms with Gasteiger partial charge >= 0.3 is 0 Å². The summed E-state index contributed by atoms with van der Waals surface area (Å²) < 4.78 is 0. The molecule has 0 radical (unpaired) electrons. The van der Waals surface area contributed by atoms with E-state index in [1.807, 2.05) is 12.1 Å². The molecule has 2 aliphatic heterocycles. The van der Waals surface area contributed by atoms with Crippen molar-refractivity contribution < 1.29 is 14.4 Å². The number of hydrogen-bond acceptors (Lipinski definition) is 4. The number of amides is 3. The number of rotatable bonds is 1. The van der Waals surface area contributed by atoms with Crippen LogP contribution in [0.2, 0.25) is 0 Å². The van der Waals surface area contributed by atoms with Crippen molar-refractivity contribution in [3.63, 3.8) is 0 Å². The molecule has 98 valence electrons. The Labute approximate surface area is 109 Å². The summed E-state index contributed by atoms with van der Waals surface area (Å²) in [5.41, 5.74) is 2.66. The van der Waals surface area contributed by atoms with E-state index in [0.717, 1.165) is 24.2 Å². The van der Waals surface area contributed by atoms with Gasteiger partial charge < -0.3 is 10.2 Å². The fraction of sp³-hybridized carbons (Fsp3) is 0.308. The molecule has 19 heavy (non-hydrogen) atoms. The van der Waals surface area contributed by atoms with Crippen LogP contribution in [0.15, 0.2) is 18.2 Å². The number of carbonyl (C=O) groups is 3. The summed E-state index contributed by atoms with van der Waals surface area (Å²) in [4.78, 5) is 36.1. The van der Waals surface area contributed by atoms with Crippen LogP contribution in [0.5, 0.6) is 0 Å². The molecule has 0 atom stereocenters. The van der Waals surface area contributed by atoms with Gasteiger partial charge in [0.25, 0.3) is 5.91 Å². The van der Waals surface area contributed by atoms with E-state index in [1.165, 1.54) is 4.90 Å². The standard InChI is InChI=1S/C13H13N3O3/c17-11-6-16(7-12(18)15-11)13(19)9-1-2-10-8(5-9)3-4-14-10/h1-2,5,14H,3-4,6-7H2,(H,15,17,18). The van der Waals surface area contributed by atoms with E-state index in [-0.39, 0.29) is 19.0 Å². The first-order valence-electron chi connectivity index (χ1n) is 6.12. The van der Waals surface area contributed by atoms with Crippen molar-refractivity contribution in [3.05, 3.63) is 29.3 Å². The summed E-state index contributed by atoms with van der Waals surface area (Å²) in [7, 11) is 0. The Hall–Kier alpha value is -2.37. The largest absolute Gasteiger partial charge is 0.384 e. The first-order valence-corrected chi connectivity index (χ1v) is 6.12. The number of anilines is 1. The Bertz CT molecular complexity index is 566. The minimum Gasteiger partial charge on any atom is -0.384 e. The van der Waals surface area contributed by atoms with Crippen molar-refractivity contribution in [2.75, 3.05) is 25.0 Å². The molecule has 0 aromatic heterocycles. The quantitative estimate of drug-likeness (QED) is 0.682. The van der Waals surface area contributed by atoms with E-state index in [2.05, 4.69) is 10.6 Å². The fourth-order valence-corrected chi connectivity index (χ4v) is 2.40. The van der Waals surface area contributed by atoms with Crippen LogP contribution in [0.25, 0.3) is 0 Å². The van der Waals surface area contributed by atoms with Gasteiger partial charge in [0.15, 0.2) is 0 Å². The molecule has 6 nitrogen and oxygen atoms in total. The van der Waals surface area contributed by atoms with Crippen LogP contribution in [0.1, 0.15) is 15.9 Å². The highest BCUT2D eigenvalue weighted by atomic mass is 16.2. The molecule has 0 aliphatic carbocycles. The Morgan fingerprint density at radius 2 is 1.89 bits per heavy atom. The minimum atomic E-state index is -0.438. The molecule has 1 aromatic carbocycles. The van der Waals surface area contributed by atoms with Crippen LogP contribution in [-0.2, 0) is 16.0 Å². The lowest BCUT2D eigenvalue weighted by atomic mass is 10.1. The van der Waals surface area contributed by atoms with Crippen molar-refractivity contribution >= 4 is 23.4 Å². The first kappa shape index (κ1) is 11.7. The Balaban J connectivity index is 1.83. The third kappa shape index (κ3) is 2.16. The van der Waals surface area contributed by atoms with Crippen molar-refractivity contribution in [2.24, 2.45) is 0 Å². The molecular formula is C13H13N3O3. The van der Waals surface area contributed by atoms with Crippen LogP contribution in [0.4, 0.5) is 5.69 Å². The predicted molar refractivity (Wildman–Crippen MR) is 67.7 cm³/mol. The van der Waals surface area contributed by atoms with E-state index in [9.17, 15) is 14.4 Å². The van der Waals surface area contributed by atoms with Crippen LogP contribution >= 0.6 is 0 Å². The lowest BCUT2D eigenvalue weighted by Gasteiger charge is -2.25. The first-order chi connectivity index (χ1) is 9.13. The molecule has 3 amide bonds. The van der Waals surface area contributed by atoms with Crippen LogP contribution in [0, 0.1) is 0 Å². The minimum absolute atomic E-state index is 0.0695. The van der Waals surface area contributed by atoms with Gasteiger partial charge in [0.1, 0.15) is 13.1 Å². The van der Waals surface area contributed by atoms with E-state index < -0.39 is 11.8 Å². The molecule has 1 aromatic rings. The van der Waals surface area contributed by atoms with E-state index in [0.29, 0.717) is 5.56 Å². The Morgan fingerprint density at radius 1 is 1.16 bits per heavy atom. The average Bonchev–Trinajstić information content (AvgIpc) is 2.83. The molecule has 0 unspecified atom stereocenters. The highest BCUT2D eigenvalue weighted by Crippen LogP contribution is 2.23. The molecule has 1 fully saturated rings. The van der Waals surface area contributed by atoms with Crippen molar-refractivity contribution in [2.45, 2.75) is 6.42 Å². The number of nitrogens with one attached hydrogen (secondary N) is 2. The highest BCUT2D eigenvalue weighted by molar-refractivity contribution is 6.05. The van der Waals surface area contributed by atoms with Crippen molar-refractivity contribution in [1.82, 2.24) is 10.2 Å². The fourth-order valence-electron chi connectivity index (χ4n) is 2.40. The maximum atomic E-state index is 12.3. The van der Waals surface area contributed by atoms with Gasteiger partial charge in [-0.05, 0) is 30.2 Å². The number of nitrogens with zero attached hydrogens (tertiary/aromatic N) is 1. The van der Waals surface area contributed by atoms with Gasteiger partial charge in [0, 0.05) is 17.8 Å². The molecule has 6 heteroatoms.